The van der Waals surface area contributed by atoms with Gasteiger partial charge in [0.15, 0.2) is 0 Å². The number of carbonyl (C=O) groups excluding carboxylic acids is 1. The summed E-state index contributed by atoms with van der Waals surface area (Å²) in [6.45, 7) is 9.94. The van der Waals surface area contributed by atoms with Crippen LogP contribution in [0, 0.1) is 18.3 Å². The lowest BCUT2D eigenvalue weighted by atomic mass is 9.90. The summed E-state index contributed by atoms with van der Waals surface area (Å²) in [6, 6.07) is 15.8. The van der Waals surface area contributed by atoms with Crippen LogP contribution in [0.4, 0.5) is 11.5 Å². The second kappa shape index (κ2) is 12.6. The van der Waals surface area contributed by atoms with Crippen LogP contribution in [-0.4, -0.2) is 67.7 Å². The van der Waals surface area contributed by atoms with Crippen molar-refractivity contribution in [2.24, 2.45) is 0 Å². The van der Waals surface area contributed by atoms with E-state index in [0.717, 1.165) is 29.1 Å². The minimum atomic E-state index is -0.773. The van der Waals surface area contributed by atoms with Gasteiger partial charge in [-0.1, -0.05) is 6.07 Å². The van der Waals surface area contributed by atoms with Crippen molar-refractivity contribution in [3.8, 4) is 17.2 Å². The Morgan fingerprint density at radius 2 is 1.84 bits per heavy atom. The molecule has 3 heterocycles. The number of hydrogen-bond donors (Lipinski definition) is 1. The minimum Gasteiger partial charge on any atom is -0.377 e. The Balaban J connectivity index is 0.000000934. The van der Waals surface area contributed by atoms with Crippen LogP contribution in [0.5, 0.6) is 0 Å². The maximum atomic E-state index is 13.0. The van der Waals surface area contributed by atoms with Crippen molar-refractivity contribution in [1.29, 1.82) is 5.26 Å². The number of aryl methyl sites for hydroxylation is 1. The number of pyridine rings is 2. The van der Waals surface area contributed by atoms with E-state index in [1.165, 1.54) is 0 Å². The molecule has 1 N–H and O–H groups in total. The number of aromatic nitrogens is 2. The Kier molecular flexibility index (Phi) is 9.56. The molecule has 1 saturated heterocycles. The molecule has 1 aromatic carbocycles. The van der Waals surface area contributed by atoms with Gasteiger partial charge in [0.25, 0.3) is 5.91 Å². The summed E-state index contributed by atoms with van der Waals surface area (Å²) in [5.41, 5.74) is 4.12. The van der Waals surface area contributed by atoms with E-state index in [-0.39, 0.29) is 11.9 Å². The molecule has 0 saturated carbocycles. The number of morpholine rings is 1. The van der Waals surface area contributed by atoms with E-state index in [2.05, 4.69) is 46.2 Å². The van der Waals surface area contributed by atoms with Gasteiger partial charge >= 0.3 is 0 Å². The lowest BCUT2D eigenvalue weighted by molar-refractivity contribution is 0.0985. The molecule has 1 fully saturated rings. The van der Waals surface area contributed by atoms with Gasteiger partial charge in [0.2, 0.25) is 0 Å². The van der Waals surface area contributed by atoms with Crippen LogP contribution in [0.3, 0.4) is 0 Å². The Morgan fingerprint density at radius 1 is 1.13 bits per heavy atom. The zero-order valence-corrected chi connectivity index (χ0v) is 23.4. The van der Waals surface area contributed by atoms with Crippen molar-refractivity contribution in [2.45, 2.75) is 39.2 Å². The Labute approximate surface area is 226 Å². The fraction of sp³-hybridized carbons (Fsp3) is 0.400. The standard InChI is InChI=1S/C27H29N5O2.C3H9N/c1-18-5-6-22(31-26(33)21-8-9-29-24(13-21)27(3,4)17-28)15-23(18)20-7-10-30-25(14-20)32-11-12-34-16-19(32)2;1-4(2)3/h5-10,13-15,19H,11-12,16H2,1-4H3,(H,31,33);1-3H3/t19-;/m0./s1. The average Bonchev–Trinajstić information content (AvgIpc) is 2.90. The molecule has 8 nitrogen and oxygen atoms in total. The van der Waals surface area contributed by atoms with Crippen LogP contribution >= 0.6 is 0 Å². The molecule has 1 amide bonds. The number of nitriles is 1. The molecule has 4 rings (SSSR count). The number of anilines is 2. The van der Waals surface area contributed by atoms with E-state index in [1.54, 1.807) is 32.2 Å². The second-order valence-electron chi connectivity index (χ2n) is 10.5. The summed E-state index contributed by atoms with van der Waals surface area (Å²) in [5, 5.41) is 12.4. The normalized spacial score (nSPS) is 15.3. The number of rotatable bonds is 5. The number of carbonyl (C=O) groups is 1. The third kappa shape index (κ3) is 7.37. The van der Waals surface area contributed by atoms with Gasteiger partial charge in [-0.25, -0.2) is 4.98 Å². The maximum absolute atomic E-state index is 13.0. The molecule has 38 heavy (non-hydrogen) atoms. The van der Waals surface area contributed by atoms with Crippen LogP contribution < -0.4 is 10.2 Å². The molecule has 200 valence electrons. The summed E-state index contributed by atoms with van der Waals surface area (Å²) < 4.78 is 5.56. The van der Waals surface area contributed by atoms with Gasteiger partial charge < -0.3 is 19.9 Å². The number of hydrogen-bond acceptors (Lipinski definition) is 7. The summed E-state index contributed by atoms with van der Waals surface area (Å²) >= 11 is 0. The second-order valence-corrected chi connectivity index (χ2v) is 10.5. The van der Waals surface area contributed by atoms with Gasteiger partial charge in [-0.3, -0.25) is 9.78 Å². The van der Waals surface area contributed by atoms with E-state index >= 15 is 0 Å². The molecule has 0 aliphatic carbocycles. The van der Waals surface area contributed by atoms with Crippen molar-refractivity contribution in [3.05, 3.63) is 71.7 Å². The Hall–Kier alpha value is -3.80. The van der Waals surface area contributed by atoms with Gasteiger partial charge in [0.1, 0.15) is 5.82 Å². The largest absolute Gasteiger partial charge is 0.377 e. The molecule has 2 aromatic heterocycles. The van der Waals surface area contributed by atoms with Crippen LogP contribution in [0.15, 0.2) is 54.9 Å². The van der Waals surface area contributed by atoms with Crippen LogP contribution in [0.25, 0.3) is 11.1 Å². The first-order chi connectivity index (χ1) is 18.0. The van der Waals surface area contributed by atoms with Gasteiger partial charge in [0.05, 0.1) is 36.4 Å². The predicted octanol–water partition coefficient (Wildman–Crippen LogP) is 4.91. The third-order valence-corrected chi connectivity index (χ3v) is 6.16. The lowest BCUT2D eigenvalue weighted by Crippen LogP contribution is -2.44. The van der Waals surface area contributed by atoms with E-state index in [4.69, 9.17) is 4.74 Å². The Bertz CT molecular complexity index is 1300. The zero-order chi connectivity index (χ0) is 27.9. The highest BCUT2D eigenvalue weighted by atomic mass is 16.5. The fourth-order valence-electron chi connectivity index (χ4n) is 4.00. The van der Waals surface area contributed by atoms with Crippen molar-refractivity contribution in [1.82, 2.24) is 14.9 Å². The van der Waals surface area contributed by atoms with E-state index in [0.29, 0.717) is 30.2 Å². The summed E-state index contributed by atoms with van der Waals surface area (Å²) in [4.78, 5) is 26.1. The third-order valence-electron chi connectivity index (χ3n) is 6.16. The summed E-state index contributed by atoms with van der Waals surface area (Å²) in [6.07, 6.45) is 3.39. The number of amides is 1. The Morgan fingerprint density at radius 3 is 2.53 bits per heavy atom. The van der Waals surface area contributed by atoms with E-state index in [9.17, 15) is 10.1 Å². The number of benzene rings is 1. The van der Waals surface area contributed by atoms with E-state index < -0.39 is 5.41 Å². The fourth-order valence-corrected chi connectivity index (χ4v) is 4.00. The number of nitrogens with zero attached hydrogens (tertiary/aromatic N) is 5. The first kappa shape index (κ1) is 28.8. The van der Waals surface area contributed by atoms with Gasteiger partial charge in [-0.15, -0.1) is 0 Å². The highest BCUT2D eigenvalue weighted by molar-refractivity contribution is 6.04. The number of nitrogens with one attached hydrogen (secondary N) is 1. The molecule has 0 unspecified atom stereocenters. The molecule has 1 atom stereocenters. The average molecular weight is 515 g/mol. The molecule has 1 aliphatic rings. The van der Waals surface area contributed by atoms with Crippen molar-refractivity contribution < 1.29 is 9.53 Å². The molecule has 8 heteroatoms. The SMILES string of the molecule is CN(C)C.Cc1ccc(NC(=O)c2ccnc(C(C)(C)C#N)c2)cc1-c1ccnc(N2CCOC[C@@H]2C)c1. The van der Waals surface area contributed by atoms with Gasteiger partial charge in [-0.05, 0) is 102 Å². The molecular weight excluding hydrogens is 476 g/mol. The van der Waals surface area contributed by atoms with Crippen molar-refractivity contribution in [3.63, 3.8) is 0 Å². The monoisotopic (exact) mass is 514 g/mol. The topological polar surface area (TPSA) is 94.4 Å². The van der Waals surface area contributed by atoms with Crippen molar-refractivity contribution in [2.75, 3.05) is 51.1 Å². The molecule has 0 spiro atoms. The van der Waals surface area contributed by atoms with Gasteiger partial charge in [0, 0.05) is 30.2 Å². The smallest absolute Gasteiger partial charge is 0.255 e. The quantitative estimate of drug-likeness (QED) is 0.517. The highest BCUT2D eigenvalue weighted by Gasteiger charge is 2.23. The first-order valence-corrected chi connectivity index (χ1v) is 12.7. The summed E-state index contributed by atoms with van der Waals surface area (Å²) in [5.74, 6) is 0.677. The van der Waals surface area contributed by atoms with Crippen molar-refractivity contribution >= 4 is 17.4 Å². The maximum Gasteiger partial charge on any atom is 0.255 e. The summed E-state index contributed by atoms with van der Waals surface area (Å²) in [7, 11) is 6.00. The van der Waals surface area contributed by atoms with Crippen LogP contribution in [-0.2, 0) is 10.2 Å². The van der Waals surface area contributed by atoms with Crippen LogP contribution in [0.2, 0.25) is 0 Å². The molecule has 1 aliphatic heterocycles. The van der Waals surface area contributed by atoms with E-state index in [1.807, 2.05) is 56.5 Å². The highest BCUT2D eigenvalue weighted by Crippen LogP contribution is 2.30. The molecule has 0 bridgehead atoms. The van der Waals surface area contributed by atoms with Gasteiger partial charge in [-0.2, -0.15) is 5.26 Å². The zero-order valence-electron chi connectivity index (χ0n) is 23.4. The molecule has 3 aromatic rings. The molecular formula is C30H38N6O2. The lowest BCUT2D eigenvalue weighted by Gasteiger charge is -2.34. The van der Waals surface area contributed by atoms with Crippen LogP contribution in [0.1, 0.15) is 42.4 Å². The molecule has 0 radical (unpaired) electrons. The first-order valence-electron chi connectivity index (χ1n) is 12.7. The predicted molar refractivity (Wildman–Crippen MR) is 152 cm³/mol. The minimum absolute atomic E-state index is 0.246. The number of ether oxygens (including phenoxy) is 1.